The van der Waals surface area contributed by atoms with E-state index in [1.165, 1.54) is 46.3 Å². The Morgan fingerprint density at radius 3 is 2.50 bits per heavy atom. The molecule has 5 rings (SSSR count). The van der Waals surface area contributed by atoms with Crippen molar-refractivity contribution in [3.05, 3.63) is 107 Å². The van der Waals surface area contributed by atoms with Crippen molar-refractivity contribution in [1.29, 1.82) is 0 Å². The second-order valence-corrected chi connectivity index (χ2v) is 11.3. The number of hydrogen-bond donors (Lipinski definition) is 1. The molecule has 46 heavy (non-hydrogen) atoms. The molecule has 4 aromatic rings. The van der Waals surface area contributed by atoms with Crippen molar-refractivity contribution >= 4 is 40.6 Å². The van der Waals surface area contributed by atoms with E-state index in [1.54, 1.807) is 24.3 Å². The number of anilines is 1. The van der Waals surface area contributed by atoms with Gasteiger partial charge in [-0.05, 0) is 65.9 Å². The molecule has 0 spiro atoms. The number of nitrogens with zero attached hydrogens (tertiary/aromatic N) is 6. The summed E-state index contributed by atoms with van der Waals surface area (Å²) in [6.45, 7) is 13.5. The SMILES string of the molecule is [C-]#[N+]/C(=C\c1ccc(-c2ncn(-c3ccc(OC(F)(F)F)cc3)n2)cc1)NC(=O)/N=C1\SCC(=O)N1c1cc(C)ccc1C(C)C. The number of nitrogens with one attached hydrogen (secondary N) is 1. The molecule has 0 aliphatic carbocycles. The number of carbonyl (C=O) groups excluding carboxylic acids is 2. The summed E-state index contributed by atoms with van der Waals surface area (Å²) >= 11 is 1.16. The Bertz CT molecular complexity index is 1880. The van der Waals surface area contributed by atoms with E-state index < -0.39 is 12.4 Å². The average Bonchev–Trinajstić information content (AvgIpc) is 3.63. The van der Waals surface area contributed by atoms with Crippen molar-refractivity contribution < 1.29 is 27.5 Å². The lowest BCUT2D eigenvalue weighted by atomic mass is 9.99. The maximum absolute atomic E-state index is 12.9. The van der Waals surface area contributed by atoms with Crippen LogP contribution in [0.5, 0.6) is 5.75 Å². The molecule has 0 unspecified atom stereocenters. The first kappa shape index (κ1) is 32.0. The standard InChI is InChI=1S/C32H26F3N7O3S/c1-19(2)25-14-5-20(3)15-26(25)42-28(43)17-46-31(42)39-30(44)38-27(36-4)16-21-6-8-22(9-7-21)29-37-18-41(40-29)23-10-12-24(13-11-23)45-32(33,34)35/h5-16,18-19H,17H2,1-3H3,(H,38,44)/b27-16+,39-31-. The predicted octanol–water partition coefficient (Wildman–Crippen LogP) is 7.33. The maximum atomic E-state index is 12.9. The number of aryl methyl sites for hydroxylation is 1. The lowest BCUT2D eigenvalue weighted by molar-refractivity contribution is -0.274. The van der Waals surface area contributed by atoms with Gasteiger partial charge in [-0.1, -0.05) is 68.6 Å². The molecule has 234 valence electrons. The van der Waals surface area contributed by atoms with Gasteiger partial charge in [0.25, 0.3) is 0 Å². The molecular weight excluding hydrogens is 619 g/mol. The molecule has 1 N–H and O–H groups in total. The molecule has 0 bridgehead atoms. The first-order valence-corrected chi connectivity index (χ1v) is 14.8. The topological polar surface area (TPSA) is 106 Å². The van der Waals surface area contributed by atoms with Gasteiger partial charge < -0.3 is 9.58 Å². The Morgan fingerprint density at radius 1 is 1.13 bits per heavy atom. The molecule has 3 amide bonds. The quantitative estimate of drug-likeness (QED) is 0.211. The van der Waals surface area contributed by atoms with Crippen LogP contribution in [0, 0.1) is 13.5 Å². The monoisotopic (exact) mass is 645 g/mol. The minimum atomic E-state index is -4.78. The minimum Gasteiger partial charge on any atom is -0.406 e. The molecule has 14 heteroatoms. The van der Waals surface area contributed by atoms with Crippen LogP contribution in [0.2, 0.25) is 0 Å². The van der Waals surface area contributed by atoms with Crippen LogP contribution in [-0.4, -0.2) is 44.0 Å². The molecule has 0 radical (unpaired) electrons. The number of urea groups is 1. The van der Waals surface area contributed by atoms with Crippen LogP contribution in [0.4, 0.5) is 23.7 Å². The van der Waals surface area contributed by atoms with Crippen molar-refractivity contribution in [3.63, 3.8) is 0 Å². The fourth-order valence-corrected chi connectivity index (χ4v) is 5.40. The Morgan fingerprint density at radius 2 is 1.85 bits per heavy atom. The molecule has 0 saturated carbocycles. The summed E-state index contributed by atoms with van der Waals surface area (Å²) in [5.74, 6) is 0.0505. The normalized spacial score (nSPS) is 14.6. The lowest BCUT2D eigenvalue weighted by Gasteiger charge is -2.22. The van der Waals surface area contributed by atoms with Gasteiger partial charge in [0.2, 0.25) is 11.7 Å². The van der Waals surface area contributed by atoms with E-state index in [0.717, 1.165) is 22.9 Å². The van der Waals surface area contributed by atoms with Crippen LogP contribution in [0.15, 0.2) is 83.9 Å². The smallest absolute Gasteiger partial charge is 0.406 e. The van der Waals surface area contributed by atoms with Gasteiger partial charge in [-0.25, -0.2) is 14.5 Å². The molecule has 1 fully saturated rings. The summed E-state index contributed by atoms with van der Waals surface area (Å²) in [7, 11) is 0. The van der Waals surface area contributed by atoms with Crippen LogP contribution < -0.4 is 15.0 Å². The van der Waals surface area contributed by atoms with Gasteiger partial charge in [-0.2, -0.15) is 0 Å². The van der Waals surface area contributed by atoms with Crippen molar-refractivity contribution in [2.45, 2.75) is 33.1 Å². The third-order valence-electron chi connectivity index (χ3n) is 6.67. The summed E-state index contributed by atoms with van der Waals surface area (Å²) in [5.41, 5.74) is 4.34. The summed E-state index contributed by atoms with van der Waals surface area (Å²) in [6.07, 6.45) is -1.87. The van der Waals surface area contributed by atoms with Crippen molar-refractivity contribution in [2.24, 2.45) is 4.99 Å². The summed E-state index contributed by atoms with van der Waals surface area (Å²) in [4.78, 5) is 38.9. The number of hydrogen-bond acceptors (Lipinski definition) is 6. The molecule has 1 saturated heterocycles. The lowest BCUT2D eigenvalue weighted by Crippen LogP contribution is -2.32. The Balaban J connectivity index is 1.28. The molecule has 0 atom stereocenters. The zero-order chi connectivity index (χ0) is 33.0. The van der Waals surface area contributed by atoms with Gasteiger partial charge in [0.05, 0.1) is 17.1 Å². The number of halogens is 3. The number of ether oxygens (including phenoxy) is 1. The summed E-state index contributed by atoms with van der Waals surface area (Å²) in [6, 6.07) is 17.1. The summed E-state index contributed by atoms with van der Waals surface area (Å²) in [5, 5.41) is 7.11. The highest BCUT2D eigenvalue weighted by atomic mass is 32.2. The second kappa shape index (κ2) is 13.3. The van der Waals surface area contributed by atoms with Gasteiger partial charge in [-0.15, -0.1) is 23.3 Å². The Kier molecular flexibility index (Phi) is 9.24. The zero-order valence-corrected chi connectivity index (χ0v) is 25.6. The first-order valence-electron chi connectivity index (χ1n) is 13.8. The fourth-order valence-electron chi connectivity index (χ4n) is 4.54. The van der Waals surface area contributed by atoms with Crippen molar-refractivity contribution in [2.75, 3.05) is 10.7 Å². The van der Waals surface area contributed by atoms with Gasteiger partial charge in [0.15, 0.2) is 11.0 Å². The molecule has 3 aromatic carbocycles. The van der Waals surface area contributed by atoms with Crippen molar-refractivity contribution in [3.8, 4) is 22.8 Å². The number of amides is 3. The van der Waals surface area contributed by atoms with Crippen molar-refractivity contribution in [1.82, 2.24) is 20.1 Å². The van der Waals surface area contributed by atoms with Crippen LogP contribution in [0.3, 0.4) is 0 Å². The van der Waals surface area contributed by atoms with E-state index in [-0.39, 0.29) is 34.3 Å². The third kappa shape index (κ3) is 7.62. The van der Waals surface area contributed by atoms with Crippen LogP contribution in [-0.2, 0) is 4.79 Å². The first-order chi connectivity index (χ1) is 21.9. The van der Waals surface area contributed by atoms with E-state index in [2.05, 4.69) is 30.0 Å². The average molecular weight is 646 g/mol. The number of rotatable bonds is 7. The fraction of sp³-hybridized carbons (Fsp3) is 0.188. The van der Waals surface area contributed by atoms with Crippen LogP contribution in [0.25, 0.3) is 28.0 Å². The Hall–Kier alpha value is -5.42. The number of alkyl halides is 3. The molecule has 2 heterocycles. The van der Waals surface area contributed by atoms with Crippen LogP contribution in [0.1, 0.15) is 36.5 Å². The molecular formula is C32H26F3N7O3S. The number of aliphatic imine (C=N–C) groups is 1. The number of thioether (sulfide) groups is 1. The number of carbonyl (C=O) groups is 2. The van der Waals surface area contributed by atoms with Crippen LogP contribution >= 0.6 is 11.8 Å². The van der Waals surface area contributed by atoms with E-state index in [1.807, 2.05) is 39.0 Å². The molecule has 10 nitrogen and oxygen atoms in total. The highest BCUT2D eigenvalue weighted by Gasteiger charge is 2.33. The van der Waals surface area contributed by atoms with E-state index in [4.69, 9.17) is 6.57 Å². The van der Waals surface area contributed by atoms with E-state index >= 15 is 0 Å². The predicted molar refractivity (Wildman–Crippen MR) is 169 cm³/mol. The molecule has 1 aromatic heterocycles. The third-order valence-corrected chi connectivity index (χ3v) is 7.59. The number of benzene rings is 3. The van der Waals surface area contributed by atoms with Gasteiger partial charge in [-0.3, -0.25) is 15.0 Å². The number of amidine groups is 1. The zero-order valence-electron chi connectivity index (χ0n) is 24.7. The maximum Gasteiger partial charge on any atom is 0.573 e. The minimum absolute atomic E-state index is 0.0678. The number of aromatic nitrogens is 3. The highest BCUT2D eigenvalue weighted by molar-refractivity contribution is 8.15. The molecule has 1 aliphatic rings. The van der Waals surface area contributed by atoms with Gasteiger partial charge in [0, 0.05) is 5.56 Å². The Labute approximate surface area is 266 Å². The largest absolute Gasteiger partial charge is 0.573 e. The molecule has 1 aliphatic heterocycles. The van der Waals surface area contributed by atoms with Gasteiger partial charge >= 0.3 is 12.4 Å². The van der Waals surface area contributed by atoms with E-state index in [9.17, 15) is 22.8 Å². The summed E-state index contributed by atoms with van der Waals surface area (Å²) < 4.78 is 42.6. The second-order valence-electron chi connectivity index (χ2n) is 10.4. The van der Waals surface area contributed by atoms with Gasteiger partial charge in [0.1, 0.15) is 12.1 Å². The van der Waals surface area contributed by atoms with E-state index in [0.29, 0.717) is 28.3 Å². The highest BCUT2D eigenvalue weighted by Crippen LogP contribution is 2.34.